The molecule has 1 N–H and O–H groups in total. The van der Waals surface area contributed by atoms with E-state index in [-0.39, 0.29) is 17.9 Å². The average Bonchev–Trinajstić information content (AvgIpc) is 2.33. The Hall–Kier alpha value is -0.960. The van der Waals surface area contributed by atoms with Crippen molar-refractivity contribution in [3.63, 3.8) is 0 Å². The number of benzene rings is 1. The highest BCUT2D eigenvalue weighted by Crippen LogP contribution is 2.38. The Labute approximate surface area is 108 Å². The van der Waals surface area contributed by atoms with Gasteiger partial charge in [-0.15, -0.1) is 0 Å². The van der Waals surface area contributed by atoms with E-state index in [1.165, 1.54) is 0 Å². The van der Waals surface area contributed by atoms with Crippen molar-refractivity contribution < 1.29 is 8.78 Å². The van der Waals surface area contributed by atoms with E-state index in [9.17, 15) is 8.78 Å². The van der Waals surface area contributed by atoms with Crippen LogP contribution in [0.1, 0.15) is 36.0 Å². The highest BCUT2D eigenvalue weighted by Gasteiger charge is 2.36. The smallest absolute Gasteiger partial charge is 0.273 e. The molecule has 2 rings (SSSR count). The average molecular weight is 253 g/mol. The van der Waals surface area contributed by atoms with Gasteiger partial charge >= 0.3 is 0 Å². The summed E-state index contributed by atoms with van der Waals surface area (Å²) in [5, 5.41) is 3.22. The molecule has 3 heteroatoms. The summed E-state index contributed by atoms with van der Waals surface area (Å²) in [6.45, 7) is 5.37. The van der Waals surface area contributed by atoms with Gasteiger partial charge in [0.25, 0.3) is 5.92 Å². The zero-order valence-corrected chi connectivity index (χ0v) is 11.1. The second kappa shape index (κ2) is 5.35. The molecule has 1 aromatic carbocycles. The van der Waals surface area contributed by atoms with Gasteiger partial charge in [0.05, 0.1) is 0 Å². The standard InChI is InChI=1S/C15H21F2N/c1-11-3-4-12(2)14(9-11)15(16,17)10-13-5-7-18-8-6-13/h3-4,9,13,18H,5-8,10H2,1-2H3. The normalized spacial score (nSPS) is 18.0. The Morgan fingerprint density at radius 3 is 2.56 bits per heavy atom. The monoisotopic (exact) mass is 253 g/mol. The lowest BCUT2D eigenvalue weighted by atomic mass is 9.87. The maximum Gasteiger partial charge on any atom is 0.273 e. The Kier molecular flexibility index (Phi) is 4.00. The van der Waals surface area contributed by atoms with Crippen molar-refractivity contribution in [3.8, 4) is 0 Å². The largest absolute Gasteiger partial charge is 0.317 e. The topological polar surface area (TPSA) is 12.0 Å². The second-order valence-electron chi connectivity index (χ2n) is 5.42. The van der Waals surface area contributed by atoms with E-state index in [1.807, 2.05) is 13.0 Å². The third-order valence-corrected chi connectivity index (χ3v) is 3.79. The first-order chi connectivity index (χ1) is 8.49. The minimum atomic E-state index is -2.70. The fourth-order valence-electron chi connectivity index (χ4n) is 2.69. The summed E-state index contributed by atoms with van der Waals surface area (Å²) in [6, 6.07) is 5.32. The predicted molar refractivity (Wildman–Crippen MR) is 70.0 cm³/mol. The third kappa shape index (κ3) is 3.08. The van der Waals surface area contributed by atoms with Gasteiger partial charge in [-0.25, -0.2) is 8.78 Å². The van der Waals surface area contributed by atoms with Gasteiger partial charge in [0.15, 0.2) is 0 Å². The Morgan fingerprint density at radius 2 is 1.89 bits per heavy atom. The number of nitrogens with one attached hydrogen (secondary N) is 1. The number of hydrogen-bond donors (Lipinski definition) is 1. The van der Waals surface area contributed by atoms with Crippen LogP contribution < -0.4 is 5.32 Å². The fraction of sp³-hybridized carbons (Fsp3) is 0.600. The molecule has 0 amide bonds. The van der Waals surface area contributed by atoms with Crippen LogP contribution in [0.15, 0.2) is 18.2 Å². The number of alkyl halides is 2. The van der Waals surface area contributed by atoms with Crippen molar-refractivity contribution in [1.29, 1.82) is 0 Å². The van der Waals surface area contributed by atoms with E-state index in [2.05, 4.69) is 5.32 Å². The molecule has 1 fully saturated rings. The van der Waals surface area contributed by atoms with E-state index < -0.39 is 5.92 Å². The van der Waals surface area contributed by atoms with Crippen LogP contribution >= 0.6 is 0 Å². The molecule has 1 aliphatic rings. The van der Waals surface area contributed by atoms with Crippen molar-refractivity contribution in [2.45, 2.75) is 39.0 Å². The molecule has 0 atom stereocenters. The van der Waals surface area contributed by atoms with Crippen LogP contribution in [0.2, 0.25) is 0 Å². The molecule has 100 valence electrons. The second-order valence-corrected chi connectivity index (χ2v) is 5.42. The summed E-state index contributed by atoms with van der Waals surface area (Å²) >= 11 is 0. The van der Waals surface area contributed by atoms with Crippen LogP contribution in [0.5, 0.6) is 0 Å². The van der Waals surface area contributed by atoms with Gasteiger partial charge in [-0.2, -0.15) is 0 Å². The van der Waals surface area contributed by atoms with E-state index in [4.69, 9.17) is 0 Å². The van der Waals surface area contributed by atoms with Crippen molar-refractivity contribution in [3.05, 3.63) is 34.9 Å². The summed E-state index contributed by atoms with van der Waals surface area (Å²) in [5.74, 6) is -2.56. The van der Waals surface area contributed by atoms with E-state index in [0.717, 1.165) is 31.5 Å². The van der Waals surface area contributed by atoms with Gasteiger partial charge in [-0.3, -0.25) is 0 Å². The molecule has 1 aliphatic heterocycles. The first kappa shape index (κ1) is 13.5. The van der Waals surface area contributed by atoms with Crippen LogP contribution in [-0.4, -0.2) is 13.1 Å². The van der Waals surface area contributed by atoms with Gasteiger partial charge in [0, 0.05) is 12.0 Å². The molecular formula is C15H21F2N. The number of aryl methyl sites for hydroxylation is 2. The number of piperidine rings is 1. The fourth-order valence-corrected chi connectivity index (χ4v) is 2.69. The molecule has 1 aromatic rings. The molecule has 1 saturated heterocycles. The highest BCUT2D eigenvalue weighted by atomic mass is 19.3. The summed E-state index contributed by atoms with van der Waals surface area (Å²) in [7, 11) is 0. The molecule has 0 bridgehead atoms. The molecule has 0 radical (unpaired) electrons. The lowest BCUT2D eigenvalue weighted by Gasteiger charge is -2.28. The zero-order valence-electron chi connectivity index (χ0n) is 11.1. The number of rotatable bonds is 3. The lowest BCUT2D eigenvalue weighted by molar-refractivity contribution is -0.0332. The van der Waals surface area contributed by atoms with Crippen molar-refractivity contribution in [2.24, 2.45) is 5.92 Å². The maximum atomic E-state index is 14.4. The Balaban J connectivity index is 2.15. The lowest BCUT2D eigenvalue weighted by Crippen LogP contribution is -2.31. The van der Waals surface area contributed by atoms with Gasteiger partial charge < -0.3 is 5.32 Å². The highest BCUT2D eigenvalue weighted by molar-refractivity contribution is 5.33. The minimum Gasteiger partial charge on any atom is -0.317 e. The number of halogens is 2. The van der Waals surface area contributed by atoms with Gasteiger partial charge in [-0.1, -0.05) is 17.7 Å². The summed E-state index contributed by atoms with van der Waals surface area (Å²) < 4.78 is 28.7. The SMILES string of the molecule is Cc1ccc(C)c(C(F)(F)CC2CCNCC2)c1. The minimum absolute atomic E-state index is 0.0149. The predicted octanol–water partition coefficient (Wildman–Crippen LogP) is 3.78. The Bertz CT molecular complexity index is 409. The zero-order chi connectivity index (χ0) is 13.2. The van der Waals surface area contributed by atoms with Crippen molar-refractivity contribution in [2.75, 3.05) is 13.1 Å². The van der Waals surface area contributed by atoms with Crippen LogP contribution in [0.4, 0.5) is 8.78 Å². The molecule has 1 heterocycles. The molecule has 0 spiro atoms. The van der Waals surface area contributed by atoms with Crippen LogP contribution in [0.25, 0.3) is 0 Å². The van der Waals surface area contributed by atoms with E-state index in [1.54, 1.807) is 19.1 Å². The maximum absolute atomic E-state index is 14.4. The summed E-state index contributed by atoms with van der Waals surface area (Å²) in [6.07, 6.45) is 1.71. The molecule has 0 saturated carbocycles. The van der Waals surface area contributed by atoms with Crippen molar-refractivity contribution in [1.82, 2.24) is 5.32 Å². The molecule has 0 unspecified atom stereocenters. The molecular weight excluding hydrogens is 232 g/mol. The van der Waals surface area contributed by atoms with E-state index >= 15 is 0 Å². The van der Waals surface area contributed by atoms with E-state index in [0.29, 0.717) is 5.56 Å². The van der Waals surface area contributed by atoms with Crippen LogP contribution in [0, 0.1) is 19.8 Å². The summed E-state index contributed by atoms with van der Waals surface area (Å²) in [4.78, 5) is 0. The first-order valence-corrected chi connectivity index (χ1v) is 6.65. The quantitative estimate of drug-likeness (QED) is 0.864. The van der Waals surface area contributed by atoms with Crippen LogP contribution in [0.3, 0.4) is 0 Å². The van der Waals surface area contributed by atoms with Gasteiger partial charge in [0.2, 0.25) is 0 Å². The van der Waals surface area contributed by atoms with Crippen molar-refractivity contribution >= 4 is 0 Å². The summed E-state index contributed by atoms with van der Waals surface area (Å²) in [5.41, 5.74) is 1.81. The molecule has 0 aliphatic carbocycles. The third-order valence-electron chi connectivity index (χ3n) is 3.79. The molecule has 1 nitrogen and oxygen atoms in total. The van der Waals surface area contributed by atoms with Gasteiger partial charge in [-0.05, 0) is 57.3 Å². The molecule has 18 heavy (non-hydrogen) atoms. The first-order valence-electron chi connectivity index (χ1n) is 6.65. The number of hydrogen-bond acceptors (Lipinski definition) is 1. The Morgan fingerprint density at radius 1 is 1.22 bits per heavy atom. The van der Waals surface area contributed by atoms with Crippen LogP contribution in [-0.2, 0) is 5.92 Å². The molecule has 0 aromatic heterocycles. The van der Waals surface area contributed by atoms with Gasteiger partial charge in [0.1, 0.15) is 0 Å².